The largest absolute Gasteiger partial charge is 0.365 e. The quantitative estimate of drug-likeness (QED) is 0.779. The van der Waals surface area contributed by atoms with Gasteiger partial charge in [0, 0.05) is 25.4 Å². The molecule has 28 heavy (non-hydrogen) atoms. The summed E-state index contributed by atoms with van der Waals surface area (Å²) < 4.78 is 7.57. The van der Waals surface area contributed by atoms with Crippen molar-refractivity contribution >= 4 is 28.7 Å². The minimum atomic E-state index is -0.442. The highest BCUT2D eigenvalue weighted by Gasteiger charge is 2.28. The number of carbonyl (C=O) groups excluding carboxylic acids is 2. The van der Waals surface area contributed by atoms with Gasteiger partial charge in [0.1, 0.15) is 6.61 Å². The van der Waals surface area contributed by atoms with Crippen LogP contribution in [-0.2, 0) is 16.6 Å². The summed E-state index contributed by atoms with van der Waals surface area (Å²) in [4.78, 5) is 25.1. The van der Waals surface area contributed by atoms with Gasteiger partial charge in [-0.1, -0.05) is 17.9 Å². The number of benzene rings is 1. The van der Waals surface area contributed by atoms with Gasteiger partial charge in [-0.25, -0.2) is 4.79 Å². The first-order valence-electron chi connectivity index (χ1n) is 9.52. The normalized spacial score (nSPS) is 18.1. The molecule has 0 unspecified atom stereocenters. The Bertz CT molecular complexity index is 965. The highest BCUT2D eigenvalue weighted by molar-refractivity contribution is 6.09. The predicted molar refractivity (Wildman–Crippen MR) is 105 cm³/mol. The summed E-state index contributed by atoms with van der Waals surface area (Å²) in [5.74, 6) is 6.56. The van der Waals surface area contributed by atoms with Gasteiger partial charge in [-0.05, 0) is 38.1 Å². The summed E-state index contributed by atoms with van der Waals surface area (Å²) in [6, 6.07) is 5.31. The Balaban J connectivity index is 1.56. The first kappa shape index (κ1) is 18.5. The molecular formula is C20H23N5O3. The number of piperidine rings is 1. The van der Waals surface area contributed by atoms with Crippen LogP contribution in [0.1, 0.15) is 24.8 Å². The summed E-state index contributed by atoms with van der Waals surface area (Å²) in [5.41, 5.74) is 1.69. The van der Waals surface area contributed by atoms with E-state index in [-0.39, 0.29) is 18.4 Å². The van der Waals surface area contributed by atoms with Gasteiger partial charge in [-0.3, -0.25) is 19.7 Å². The van der Waals surface area contributed by atoms with Gasteiger partial charge >= 0.3 is 6.03 Å². The van der Waals surface area contributed by atoms with Crippen LogP contribution in [0.4, 0.5) is 10.6 Å². The van der Waals surface area contributed by atoms with Gasteiger partial charge in [-0.15, -0.1) is 0 Å². The Labute approximate surface area is 163 Å². The minimum Gasteiger partial charge on any atom is -0.365 e. The number of nitrogens with zero attached hydrogens (tertiary/aromatic N) is 3. The van der Waals surface area contributed by atoms with Crippen molar-refractivity contribution in [3.63, 3.8) is 0 Å². The molecule has 8 heteroatoms. The molecule has 1 aromatic heterocycles. The predicted octanol–water partition coefficient (Wildman–Crippen LogP) is 1.14. The third-order valence-electron chi connectivity index (χ3n) is 5.06. The monoisotopic (exact) mass is 381 g/mol. The topological polar surface area (TPSA) is 88.5 Å². The van der Waals surface area contributed by atoms with Crippen molar-refractivity contribution in [1.29, 1.82) is 0 Å². The van der Waals surface area contributed by atoms with Crippen LogP contribution >= 0.6 is 0 Å². The van der Waals surface area contributed by atoms with Crippen molar-refractivity contribution in [3.05, 3.63) is 23.8 Å². The molecule has 1 aromatic carbocycles. The summed E-state index contributed by atoms with van der Waals surface area (Å²) in [6.07, 6.45) is 2.57. The van der Waals surface area contributed by atoms with Gasteiger partial charge in [0.15, 0.2) is 5.82 Å². The second-order valence-corrected chi connectivity index (χ2v) is 6.97. The Morgan fingerprint density at radius 3 is 2.89 bits per heavy atom. The van der Waals surface area contributed by atoms with Gasteiger partial charge in [0.25, 0.3) is 0 Å². The molecule has 0 aliphatic carbocycles. The second kappa shape index (κ2) is 8.00. The van der Waals surface area contributed by atoms with Gasteiger partial charge < -0.3 is 10.1 Å². The molecule has 3 amide bonds. The smallest absolute Gasteiger partial charge is 0.329 e. The lowest BCUT2D eigenvalue weighted by atomic mass is 10.1. The maximum absolute atomic E-state index is 12.2. The van der Waals surface area contributed by atoms with Crippen LogP contribution in [0.5, 0.6) is 0 Å². The van der Waals surface area contributed by atoms with E-state index in [1.807, 2.05) is 25.2 Å². The lowest BCUT2D eigenvalue weighted by Gasteiger charge is -2.24. The molecule has 0 atom stereocenters. The van der Waals surface area contributed by atoms with E-state index < -0.39 is 6.03 Å². The Kier molecular flexibility index (Phi) is 5.28. The Morgan fingerprint density at radius 1 is 1.29 bits per heavy atom. The Hall–Kier alpha value is -2.89. The van der Waals surface area contributed by atoms with Crippen LogP contribution in [0.2, 0.25) is 0 Å². The van der Waals surface area contributed by atoms with Crippen molar-refractivity contribution in [2.24, 2.45) is 7.05 Å². The molecule has 3 heterocycles. The molecule has 146 valence electrons. The standard InChI is InChI=1S/C20H23N5O3/c1-24-18-14(5-3-13-28-15-7-10-21-11-8-15)4-2-6-16(18)19(23-24)25-12-9-17(26)22-20(25)27/h2,4,6,15,21H,7-13H2,1H3,(H,22,26,27). The van der Waals surface area contributed by atoms with E-state index in [9.17, 15) is 9.59 Å². The van der Waals surface area contributed by atoms with Crippen LogP contribution in [0.15, 0.2) is 18.2 Å². The number of carbonyl (C=O) groups is 2. The zero-order valence-electron chi connectivity index (χ0n) is 15.8. The fourth-order valence-corrected chi connectivity index (χ4v) is 3.64. The number of fused-ring (bicyclic) bond motifs is 1. The highest BCUT2D eigenvalue weighted by Crippen LogP contribution is 2.28. The van der Waals surface area contributed by atoms with Crippen LogP contribution in [0.3, 0.4) is 0 Å². The molecule has 2 saturated heterocycles. The average molecular weight is 381 g/mol. The third-order valence-corrected chi connectivity index (χ3v) is 5.06. The number of ether oxygens (including phenoxy) is 1. The zero-order chi connectivity index (χ0) is 19.5. The van der Waals surface area contributed by atoms with Crippen molar-refractivity contribution < 1.29 is 14.3 Å². The van der Waals surface area contributed by atoms with E-state index in [0.717, 1.165) is 42.4 Å². The average Bonchev–Trinajstić information content (AvgIpc) is 3.03. The van der Waals surface area contributed by atoms with Crippen LogP contribution < -0.4 is 15.5 Å². The van der Waals surface area contributed by atoms with Crippen molar-refractivity contribution in [2.75, 3.05) is 31.1 Å². The molecule has 2 aliphatic rings. The number of anilines is 1. The number of imide groups is 1. The lowest BCUT2D eigenvalue weighted by Crippen LogP contribution is -2.49. The molecule has 2 aromatic rings. The molecule has 4 rings (SSSR count). The molecule has 0 saturated carbocycles. The number of para-hydroxylation sites is 1. The molecule has 2 N–H and O–H groups in total. The van der Waals surface area contributed by atoms with Crippen molar-refractivity contribution in [1.82, 2.24) is 20.4 Å². The first-order chi connectivity index (χ1) is 13.6. The van der Waals surface area contributed by atoms with Crippen LogP contribution in [0.25, 0.3) is 10.9 Å². The summed E-state index contributed by atoms with van der Waals surface area (Å²) in [6.45, 7) is 2.69. The molecule has 0 radical (unpaired) electrons. The minimum absolute atomic E-state index is 0.261. The highest BCUT2D eigenvalue weighted by atomic mass is 16.5. The molecule has 2 aliphatic heterocycles. The maximum atomic E-state index is 12.2. The van der Waals surface area contributed by atoms with Gasteiger partial charge in [0.05, 0.1) is 17.2 Å². The molecule has 0 spiro atoms. The van der Waals surface area contributed by atoms with Gasteiger partial charge in [0.2, 0.25) is 5.91 Å². The van der Waals surface area contributed by atoms with E-state index in [1.165, 1.54) is 4.90 Å². The van der Waals surface area contributed by atoms with Crippen LogP contribution in [-0.4, -0.2) is 54.1 Å². The van der Waals surface area contributed by atoms with E-state index in [0.29, 0.717) is 19.0 Å². The number of urea groups is 1. The fraction of sp³-hybridized carbons (Fsp3) is 0.450. The number of rotatable bonds is 3. The lowest BCUT2D eigenvalue weighted by molar-refractivity contribution is -0.120. The fourth-order valence-electron chi connectivity index (χ4n) is 3.64. The number of amides is 3. The Morgan fingerprint density at radius 2 is 2.11 bits per heavy atom. The number of hydrogen-bond acceptors (Lipinski definition) is 5. The van der Waals surface area contributed by atoms with E-state index in [4.69, 9.17) is 4.74 Å². The molecule has 0 bridgehead atoms. The number of hydrogen-bond donors (Lipinski definition) is 2. The van der Waals surface area contributed by atoms with E-state index >= 15 is 0 Å². The molecular weight excluding hydrogens is 358 g/mol. The summed E-state index contributed by atoms with van der Waals surface area (Å²) in [7, 11) is 1.83. The van der Waals surface area contributed by atoms with Crippen LogP contribution in [0, 0.1) is 11.8 Å². The third kappa shape index (κ3) is 3.72. The van der Waals surface area contributed by atoms with E-state index in [2.05, 4.69) is 27.6 Å². The summed E-state index contributed by atoms with van der Waals surface area (Å²) in [5, 5.41) is 11.0. The van der Waals surface area contributed by atoms with E-state index in [1.54, 1.807) is 4.68 Å². The number of aryl methyl sites for hydroxylation is 1. The maximum Gasteiger partial charge on any atom is 0.329 e. The number of nitrogens with one attached hydrogen (secondary N) is 2. The summed E-state index contributed by atoms with van der Waals surface area (Å²) >= 11 is 0. The molecule has 2 fully saturated rings. The van der Waals surface area contributed by atoms with Crippen molar-refractivity contribution in [2.45, 2.75) is 25.4 Å². The van der Waals surface area contributed by atoms with Gasteiger partial charge in [-0.2, -0.15) is 5.10 Å². The first-order valence-corrected chi connectivity index (χ1v) is 9.52. The molecule has 8 nitrogen and oxygen atoms in total. The van der Waals surface area contributed by atoms with Crippen molar-refractivity contribution in [3.8, 4) is 11.8 Å². The SMILES string of the molecule is Cn1nc(N2CCC(=O)NC2=O)c2cccc(C#CCOC3CCNCC3)c21. The number of aromatic nitrogens is 2. The second-order valence-electron chi connectivity index (χ2n) is 6.97. The zero-order valence-corrected chi connectivity index (χ0v) is 15.8.